The van der Waals surface area contributed by atoms with Crippen LogP contribution in [-0.4, -0.2) is 12.1 Å². The van der Waals surface area contributed by atoms with Crippen LogP contribution in [0.5, 0.6) is 0 Å². The van der Waals surface area contributed by atoms with Gasteiger partial charge in [0.05, 0.1) is 0 Å². The molecular formula is C13H18O2. The van der Waals surface area contributed by atoms with Gasteiger partial charge in [-0.3, -0.25) is 0 Å². The van der Waals surface area contributed by atoms with Gasteiger partial charge in [0.25, 0.3) is 0 Å². The monoisotopic (exact) mass is 206 g/mol. The molecule has 0 saturated heterocycles. The first kappa shape index (κ1) is 9.44. The molecule has 3 rings (SSSR count). The second kappa shape index (κ2) is 3.36. The summed E-state index contributed by atoms with van der Waals surface area (Å²) in [6, 6.07) is 0. The molecule has 2 heteroatoms. The highest BCUT2D eigenvalue weighted by atomic mass is 16.5. The molecule has 4 atom stereocenters. The van der Waals surface area contributed by atoms with Crippen molar-refractivity contribution in [2.45, 2.75) is 38.2 Å². The first-order valence-electron chi connectivity index (χ1n) is 6.11. The van der Waals surface area contributed by atoms with Crippen LogP contribution >= 0.6 is 0 Å². The fraction of sp³-hybridized carbons (Fsp3) is 0.769. The van der Waals surface area contributed by atoms with Crippen LogP contribution in [-0.2, 0) is 9.53 Å². The minimum absolute atomic E-state index is 0.189. The lowest BCUT2D eigenvalue weighted by molar-refractivity contribution is -0.142. The van der Waals surface area contributed by atoms with Crippen LogP contribution in [0.2, 0.25) is 0 Å². The molecular weight excluding hydrogens is 188 g/mol. The number of esters is 1. The number of hydrogen-bond acceptors (Lipinski definition) is 2. The van der Waals surface area contributed by atoms with Gasteiger partial charge in [0.15, 0.2) is 0 Å². The van der Waals surface area contributed by atoms with E-state index in [-0.39, 0.29) is 12.1 Å². The van der Waals surface area contributed by atoms with E-state index in [0.717, 1.165) is 36.5 Å². The van der Waals surface area contributed by atoms with Crippen LogP contribution in [0.25, 0.3) is 0 Å². The van der Waals surface area contributed by atoms with Gasteiger partial charge >= 0.3 is 5.97 Å². The molecule has 3 aliphatic carbocycles. The average molecular weight is 206 g/mol. The van der Waals surface area contributed by atoms with E-state index < -0.39 is 0 Å². The highest BCUT2D eigenvalue weighted by molar-refractivity contribution is 5.81. The van der Waals surface area contributed by atoms with Gasteiger partial charge in [-0.2, -0.15) is 0 Å². The zero-order valence-corrected chi connectivity index (χ0v) is 9.02. The molecule has 0 aromatic carbocycles. The summed E-state index contributed by atoms with van der Waals surface area (Å²) in [6.45, 7) is 3.44. The second-order valence-electron chi connectivity index (χ2n) is 5.40. The molecule has 3 fully saturated rings. The number of fused-ring (bicyclic) bond motifs is 5. The molecule has 4 unspecified atom stereocenters. The Balaban J connectivity index is 1.64. The van der Waals surface area contributed by atoms with E-state index >= 15 is 0 Å². The fourth-order valence-electron chi connectivity index (χ4n) is 4.28. The van der Waals surface area contributed by atoms with Crippen molar-refractivity contribution in [1.82, 2.24) is 0 Å². The maximum absolute atomic E-state index is 11.1. The predicted molar refractivity (Wildman–Crippen MR) is 57.1 cm³/mol. The summed E-state index contributed by atoms with van der Waals surface area (Å²) in [5, 5.41) is 0. The standard InChI is InChI=1S/C13H18O2/c1-2-13(14)15-10-6-11-8-3-4-9(5-8)12(11)7-10/h2,8-12H,1,3-7H2. The normalized spacial score (nSPS) is 46.5. The first-order chi connectivity index (χ1) is 7.28. The van der Waals surface area contributed by atoms with Crippen LogP contribution in [0, 0.1) is 23.7 Å². The Hall–Kier alpha value is -0.790. The van der Waals surface area contributed by atoms with E-state index in [9.17, 15) is 4.79 Å². The molecule has 2 nitrogen and oxygen atoms in total. The molecule has 0 N–H and O–H groups in total. The summed E-state index contributed by atoms with van der Waals surface area (Å²) in [5.74, 6) is 3.39. The molecule has 0 aromatic rings. The second-order valence-corrected chi connectivity index (χ2v) is 5.40. The zero-order valence-electron chi connectivity index (χ0n) is 9.02. The molecule has 3 saturated carbocycles. The van der Waals surface area contributed by atoms with Crippen molar-refractivity contribution in [2.24, 2.45) is 23.7 Å². The number of rotatable bonds is 2. The van der Waals surface area contributed by atoms with Gasteiger partial charge in [0, 0.05) is 6.08 Å². The van der Waals surface area contributed by atoms with Crippen LogP contribution in [0.15, 0.2) is 12.7 Å². The van der Waals surface area contributed by atoms with Crippen LogP contribution in [0.3, 0.4) is 0 Å². The lowest BCUT2D eigenvalue weighted by atomic mass is 9.82. The van der Waals surface area contributed by atoms with Gasteiger partial charge in [-0.05, 0) is 55.8 Å². The molecule has 0 radical (unpaired) electrons. The predicted octanol–water partition coefficient (Wildman–Crippen LogP) is 2.54. The summed E-state index contributed by atoms with van der Waals surface area (Å²) in [4.78, 5) is 11.1. The lowest BCUT2D eigenvalue weighted by Crippen LogP contribution is -2.15. The highest BCUT2D eigenvalue weighted by Crippen LogP contribution is 2.59. The molecule has 2 bridgehead atoms. The van der Waals surface area contributed by atoms with E-state index in [1.807, 2.05) is 0 Å². The quantitative estimate of drug-likeness (QED) is 0.512. The summed E-state index contributed by atoms with van der Waals surface area (Å²) in [5.41, 5.74) is 0. The number of carbonyl (C=O) groups is 1. The zero-order chi connectivity index (χ0) is 10.4. The van der Waals surface area contributed by atoms with Gasteiger partial charge in [-0.25, -0.2) is 4.79 Å². The Morgan fingerprint density at radius 3 is 2.27 bits per heavy atom. The Bertz CT molecular complexity index is 279. The van der Waals surface area contributed by atoms with Crippen molar-refractivity contribution in [3.63, 3.8) is 0 Å². The van der Waals surface area contributed by atoms with E-state index in [0.29, 0.717) is 0 Å². The maximum atomic E-state index is 11.1. The van der Waals surface area contributed by atoms with Crippen molar-refractivity contribution < 1.29 is 9.53 Å². The Kier molecular flexibility index (Phi) is 2.11. The molecule has 0 heterocycles. The number of carbonyl (C=O) groups excluding carboxylic acids is 1. The summed E-state index contributed by atoms with van der Waals surface area (Å²) in [7, 11) is 0. The molecule has 82 valence electrons. The molecule has 15 heavy (non-hydrogen) atoms. The largest absolute Gasteiger partial charge is 0.459 e. The van der Waals surface area contributed by atoms with Crippen LogP contribution in [0.1, 0.15) is 32.1 Å². The smallest absolute Gasteiger partial charge is 0.330 e. The highest BCUT2D eigenvalue weighted by Gasteiger charge is 2.52. The Morgan fingerprint density at radius 2 is 1.73 bits per heavy atom. The van der Waals surface area contributed by atoms with Gasteiger partial charge in [-0.15, -0.1) is 0 Å². The molecule has 3 aliphatic rings. The molecule has 0 amide bonds. The topological polar surface area (TPSA) is 26.3 Å². The molecule has 0 aromatic heterocycles. The van der Waals surface area contributed by atoms with Gasteiger partial charge in [0.1, 0.15) is 6.10 Å². The van der Waals surface area contributed by atoms with Gasteiger partial charge in [0.2, 0.25) is 0 Å². The van der Waals surface area contributed by atoms with Crippen molar-refractivity contribution in [1.29, 1.82) is 0 Å². The third-order valence-electron chi connectivity index (χ3n) is 4.79. The van der Waals surface area contributed by atoms with Crippen molar-refractivity contribution >= 4 is 5.97 Å². The number of ether oxygens (including phenoxy) is 1. The van der Waals surface area contributed by atoms with Crippen molar-refractivity contribution in [3.05, 3.63) is 12.7 Å². The SMILES string of the molecule is C=CC(=O)OC1CC2C3CCC(C3)C2C1. The van der Waals surface area contributed by atoms with E-state index in [1.165, 1.54) is 25.3 Å². The average Bonchev–Trinajstić information content (AvgIpc) is 2.87. The molecule has 0 spiro atoms. The number of hydrogen-bond donors (Lipinski definition) is 0. The van der Waals surface area contributed by atoms with Crippen molar-refractivity contribution in [3.8, 4) is 0 Å². The fourth-order valence-corrected chi connectivity index (χ4v) is 4.28. The summed E-state index contributed by atoms with van der Waals surface area (Å²) >= 11 is 0. The minimum atomic E-state index is -0.243. The third-order valence-corrected chi connectivity index (χ3v) is 4.79. The van der Waals surface area contributed by atoms with Gasteiger partial charge in [-0.1, -0.05) is 6.58 Å². The maximum Gasteiger partial charge on any atom is 0.330 e. The van der Waals surface area contributed by atoms with Crippen molar-refractivity contribution in [2.75, 3.05) is 0 Å². The Labute approximate surface area is 90.7 Å². The van der Waals surface area contributed by atoms with Crippen LogP contribution < -0.4 is 0 Å². The third kappa shape index (κ3) is 1.42. The van der Waals surface area contributed by atoms with E-state index in [4.69, 9.17) is 4.74 Å². The Morgan fingerprint density at radius 1 is 1.13 bits per heavy atom. The van der Waals surface area contributed by atoms with Gasteiger partial charge < -0.3 is 4.74 Å². The minimum Gasteiger partial charge on any atom is -0.459 e. The first-order valence-corrected chi connectivity index (χ1v) is 6.11. The van der Waals surface area contributed by atoms with Crippen LogP contribution in [0.4, 0.5) is 0 Å². The molecule has 0 aliphatic heterocycles. The van der Waals surface area contributed by atoms with E-state index in [2.05, 4.69) is 6.58 Å². The van der Waals surface area contributed by atoms with E-state index in [1.54, 1.807) is 0 Å². The lowest BCUT2D eigenvalue weighted by Gasteiger charge is -2.23. The summed E-state index contributed by atoms with van der Waals surface area (Å²) in [6.07, 6.45) is 8.01. The summed E-state index contributed by atoms with van der Waals surface area (Å²) < 4.78 is 5.36.